The molecule has 0 bridgehead atoms. The number of carbonyl (C=O) groups excluding carboxylic acids is 1. The van der Waals surface area contributed by atoms with Gasteiger partial charge in [-0.2, -0.15) is 0 Å². The smallest absolute Gasteiger partial charge is 0.254 e. The number of ether oxygens (including phenoxy) is 1. The summed E-state index contributed by atoms with van der Waals surface area (Å²) in [5, 5.41) is 21.3. The Hall–Kier alpha value is -2.32. The molecule has 152 valence electrons. The summed E-state index contributed by atoms with van der Waals surface area (Å²) in [7, 11) is 0. The Morgan fingerprint density at radius 1 is 1.10 bits per heavy atom. The first-order valence-electron chi connectivity index (χ1n) is 9.78. The highest BCUT2D eigenvalue weighted by Crippen LogP contribution is 2.29. The first-order chi connectivity index (χ1) is 14.1. The third-order valence-corrected chi connectivity index (χ3v) is 6.30. The van der Waals surface area contributed by atoms with Crippen LogP contribution >= 0.6 is 11.3 Å². The second kappa shape index (κ2) is 9.00. The van der Waals surface area contributed by atoms with E-state index in [4.69, 9.17) is 4.74 Å². The number of hydrogen-bond donors (Lipinski definition) is 2. The first kappa shape index (κ1) is 20.0. The number of para-hydroxylation sites is 1. The number of fused-ring (bicyclic) bond motifs is 1. The minimum atomic E-state index is -1.52. The predicted octanol–water partition coefficient (Wildman–Crippen LogP) is 2.90. The average molecular weight is 413 g/mol. The number of hydrogen-bond acceptors (Lipinski definition) is 6. The fourth-order valence-electron chi connectivity index (χ4n) is 3.50. The Morgan fingerprint density at radius 2 is 1.79 bits per heavy atom. The first-order valence-corrected chi connectivity index (χ1v) is 10.6. The van der Waals surface area contributed by atoms with Gasteiger partial charge in [-0.1, -0.05) is 42.5 Å². The fraction of sp³-hybridized carbons (Fsp3) is 0.364. The molecule has 2 heterocycles. The maximum Gasteiger partial charge on any atom is 0.254 e. The zero-order valence-corrected chi connectivity index (χ0v) is 16.8. The molecule has 1 aliphatic rings. The maximum absolute atomic E-state index is 12.7. The van der Waals surface area contributed by atoms with Crippen LogP contribution in [0.2, 0.25) is 0 Å². The van der Waals surface area contributed by atoms with Crippen molar-refractivity contribution in [3.8, 4) is 0 Å². The number of thiazole rings is 1. The van der Waals surface area contributed by atoms with Crippen molar-refractivity contribution in [3.05, 3.63) is 65.2 Å². The average Bonchev–Trinajstić information content (AvgIpc) is 3.21. The predicted molar refractivity (Wildman–Crippen MR) is 111 cm³/mol. The molecule has 1 amide bonds. The molecule has 0 spiro atoms. The summed E-state index contributed by atoms with van der Waals surface area (Å²) in [6.45, 7) is 1.56. The normalized spacial score (nSPS) is 17.4. The lowest BCUT2D eigenvalue weighted by Crippen LogP contribution is -2.47. The van der Waals surface area contributed by atoms with Gasteiger partial charge in [0.2, 0.25) is 0 Å². The molecule has 2 N–H and O–H groups in total. The van der Waals surface area contributed by atoms with Gasteiger partial charge in [0, 0.05) is 13.1 Å². The number of piperidine rings is 1. The van der Waals surface area contributed by atoms with Gasteiger partial charge in [-0.15, -0.1) is 11.3 Å². The molecule has 1 fully saturated rings. The molecule has 0 saturated carbocycles. The molecule has 2 aromatic carbocycles. The lowest BCUT2D eigenvalue weighted by molar-refractivity contribution is -0.149. The summed E-state index contributed by atoms with van der Waals surface area (Å²) in [4.78, 5) is 18.6. The van der Waals surface area contributed by atoms with Gasteiger partial charge in [0.25, 0.3) is 5.91 Å². The number of rotatable bonds is 6. The van der Waals surface area contributed by atoms with Crippen LogP contribution in [-0.4, -0.2) is 51.3 Å². The van der Waals surface area contributed by atoms with E-state index in [-0.39, 0.29) is 6.10 Å². The minimum Gasteiger partial charge on any atom is -0.383 e. The van der Waals surface area contributed by atoms with Gasteiger partial charge in [0.05, 0.1) is 22.9 Å². The molecule has 2 unspecified atom stereocenters. The van der Waals surface area contributed by atoms with E-state index < -0.39 is 18.1 Å². The Labute approximate surface area is 173 Å². The van der Waals surface area contributed by atoms with Gasteiger partial charge in [-0.3, -0.25) is 4.79 Å². The van der Waals surface area contributed by atoms with Crippen molar-refractivity contribution in [1.29, 1.82) is 0 Å². The van der Waals surface area contributed by atoms with E-state index in [0.717, 1.165) is 15.8 Å². The van der Waals surface area contributed by atoms with Crippen LogP contribution in [-0.2, 0) is 16.1 Å². The molecule has 2 atom stereocenters. The Kier molecular flexibility index (Phi) is 6.20. The molecule has 1 saturated heterocycles. The Balaban J connectivity index is 1.30. The van der Waals surface area contributed by atoms with Crippen LogP contribution in [0.25, 0.3) is 10.2 Å². The van der Waals surface area contributed by atoms with Crippen LogP contribution in [0.15, 0.2) is 54.6 Å². The van der Waals surface area contributed by atoms with Crippen molar-refractivity contribution >= 4 is 27.5 Å². The van der Waals surface area contributed by atoms with E-state index >= 15 is 0 Å². The molecule has 3 aromatic rings. The summed E-state index contributed by atoms with van der Waals surface area (Å²) in [6, 6.07) is 17.5. The molecular formula is C22H24N2O4S. The van der Waals surface area contributed by atoms with Crippen LogP contribution in [0.5, 0.6) is 0 Å². The summed E-state index contributed by atoms with van der Waals surface area (Å²) < 4.78 is 6.86. The van der Waals surface area contributed by atoms with E-state index in [1.54, 1.807) is 4.90 Å². The highest BCUT2D eigenvalue weighted by molar-refractivity contribution is 7.18. The number of aliphatic hydroxyl groups is 2. The fourth-order valence-corrected chi connectivity index (χ4v) is 4.49. The largest absolute Gasteiger partial charge is 0.383 e. The summed E-state index contributed by atoms with van der Waals surface area (Å²) in [6.07, 6.45) is -1.33. The molecular weight excluding hydrogens is 388 g/mol. The van der Waals surface area contributed by atoms with Crippen LogP contribution in [0.4, 0.5) is 0 Å². The van der Waals surface area contributed by atoms with E-state index in [2.05, 4.69) is 4.98 Å². The SMILES string of the molecule is O=C(C(O)C(O)c1nc2ccccc2s1)N1CCC(OCc2ccccc2)CC1. The Morgan fingerprint density at radius 3 is 2.52 bits per heavy atom. The highest BCUT2D eigenvalue weighted by Gasteiger charge is 2.33. The van der Waals surface area contributed by atoms with Crippen LogP contribution < -0.4 is 0 Å². The molecule has 0 radical (unpaired) electrons. The lowest BCUT2D eigenvalue weighted by atomic mass is 10.1. The van der Waals surface area contributed by atoms with Crippen LogP contribution in [0.1, 0.15) is 29.5 Å². The summed E-state index contributed by atoms with van der Waals surface area (Å²) in [5.41, 5.74) is 1.88. The van der Waals surface area contributed by atoms with Gasteiger partial charge in [-0.25, -0.2) is 4.98 Å². The standard InChI is InChI=1S/C22H24N2O4S/c25-19(21-23-17-8-4-5-9-18(17)29-21)20(26)22(27)24-12-10-16(11-13-24)28-14-15-6-2-1-3-7-15/h1-9,16,19-20,25-26H,10-14H2. The number of aromatic nitrogens is 1. The van der Waals surface area contributed by atoms with Crippen molar-refractivity contribution < 1.29 is 19.7 Å². The van der Waals surface area contributed by atoms with Crippen molar-refractivity contribution in [1.82, 2.24) is 9.88 Å². The molecule has 6 nitrogen and oxygen atoms in total. The minimum absolute atomic E-state index is 0.0885. The van der Waals surface area contributed by atoms with Crippen LogP contribution in [0.3, 0.4) is 0 Å². The van der Waals surface area contributed by atoms with Crippen molar-refractivity contribution in [2.45, 2.75) is 37.8 Å². The van der Waals surface area contributed by atoms with Crippen molar-refractivity contribution in [3.63, 3.8) is 0 Å². The van der Waals surface area contributed by atoms with Gasteiger partial charge < -0.3 is 19.8 Å². The zero-order valence-electron chi connectivity index (χ0n) is 16.0. The molecule has 4 rings (SSSR count). The highest BCUT2D eigenvalue weighted by atomic mass is 32.1. The topological polar surface area (TPSA) is 82.9 Å². The van der Waals surface area contributed by atoms with E-state index in [9.17, 15) is 15.0 Å². The van der Waals surface area contributed by atoms with Gasteiger partial charge >= 0.3 is 0 Å². The van der Waals surface area contributed by atoms with Crippen molar-refractivity contribution in [2.24, 2.45) is 0 Å². The quantitative estimate of drug-likeness (QED) is 0.651. The van der Waals surface area contributed by atoms with E-state index in [1.165, 1.54) is 11.3 Å². The molecule has 7 heteroatoms. The second-order valence-electron chi connectivity index (χ2n) is 7.23. The number of amides is 1. The lowest BCUT2D eigenvalue weighted by Gasteiger charge is -2.33. The number of nitrogens with zero attached hydrogens (tertiary/aromatic N) is 2. The molecule has 0 aliphatic carbocycles. The van der Waals surface area contributed by atoms with Gasteiger partial charge in [0.15, 0.2) is 6.10 Å². The number of aliphatic hydroxyl groups excluding tert-OH is 2. The number of carbonyl (C=O) groups is 1. The molecule has 29 heavy (non-hydrogen) atoms. The monoisotopic (exact) mass is 412 g/mol. The molecule has 1 aliphatic heterocycles. The van der Waals surface area contributed by atoms with Gasteiger partial charge in [0.1, 0.15) is 11.1 Å². The zero-order chi connectivity index (χ0) is 20.2. The van der Waals surface area contributed by atoms with Crippen molar-refractivity contribution in [2.75, 3.05) is 13.1 Å². The molecule has 1 aromatic heterocycles. The van der Waals surface area contributed by atoms with Gasteiger partial charge in [-0.05, 0) is 30.5 Å². The summed E-state index contributed by atoms with van der Waals surface area (Å²) >= 11 is 1.29. The number of likely N-dealkylation sites (tertiary alicyclic amines) is 1. The second-order valence-corrected chi connectivity index (χ2v) is 8.29. The Bertz CT molecular complexity index is 921. The van der Waals surface area contributed by atoms with E-state index in [1.807, 2.05) is 54.6 Å². The summed E-state index contributed by atoms with van der Waals surface area (Å²) in [5.74, 6) is -0.460. The van der Waals surface area contributed by atoms with Crippen LogP contribution in [0, 0.1) is 0 Å². The van der Waals surface area contributed by atoms with E-state index in [0.29, 0.717) is 37.5 Å². The third kappa shape index (κ3) is 4.64. The maximum atomic E-state index is 12.7. The third-order valence-electron chi connectivity index (χ3n) is 5.20. The number of benzene rings is 2.